The molecule has 0 atom stereocenters. The second-order valence-electron chi connectivity index (χ2n) is 4.77. The smallest absolute Gasteiger partial charge is 0.351 e. The fraction of sp³-hybridized carbons (Fsp3) is 0.0667. The third-order valence-corrected chi connectivity index (χ3v) is 4.11. The first-order valence-electron chi connectivity index (χ1n) is 6.52. The van der Waals surface area contributed by atoms with Gasteiger partial charge in [-0.1, -0.05) is 29.3 Å². The van der Waals surface area contributed by atoms with Crippen LogP contribution in [0.2, 0.25) is 10.0 Å². The maximum atomic E-state index is 12.8. The minimum atomic E-state index is -0.285. The van der Waals surface area contributed by atoms with Gasteiger partial charge in [0, 0.05) is 0 Å². The molecule has 2 aromatic carbocycles. The van der Waals surface area contributed by atoms with Crippen molar-refractivity contribution in [1.82, 2.24) is 0 Å². The summed E-state index contributed by atoms with van der Waals surface area (Å²) in [6.45, 7) is 0. The molecule has 0 bridgehead atoms. The summed E-state index contributed by atoms with van der Waals surface area (Å²) in [5.74, 6) is 0.149. The SMILES string of the molecule is COc1ccc2c(c1)[n+]([O-])c(-c1c(Cl)cccc1Cl)c(N)[n+]2[O-]. The standard InChI is InChI=1S/C15H11Cl2N3O3/c1-23-8-5-6-11-12(7-8)19(21)14(15(18)20(11)22)13-9(16)3-2-4-10(13)17/h2-7H,18H2,1H3. The molecule has 3 aromatic rings. The summed E-state index contributed by atoms with van der Waals surface area (Å²) in [4.78, 5) is 0. The van der Waals surface area contributed by atoms with Crippen LogP contribution in [0, 0.1) is 10.4 Å². The minimum absolute atomic E-state index is 0.0968. The second-order valence-corrected chi connectivity index (χ2v) is 5.59. The van der Waals surface area contributed by atoms with Crippen LogP contribution in [-0.4, -0.2) is 7.11 Å². The number of nitrogens with two attached hydrogens (primary N) is 1. The third-order valence-electron chi connectivity index (χ3n) is 3.48. The van der Waals surface area contributed by atoms with Gasteiger partial charge in [0.25, 0.3) is 5.52 Å². The van der Waals surface area contributed by atoms with Gasteiger partial charge in [0.05, 0.1) is 28.8 Å². The molecule has 0 aliphatic heterocycles. The zero-order valence-corrected chi connectivity index (χ0v) is 13.4. The van der Waals surface area contributed by atoms with Gasteiger partial charge in [-0.15, -0.1) is 0 Å². The number of ether oxygens (including phenoxy) is 1. The van der Waals surface area contributed by atoms with E-state index in [0.29, 0.717) is 15.2 Å². The zero-order valence-electron chi connectivity index (χ0n) is 11.9. The molecule has 0 fully saturated rings. The molecule has 1 heterocycles. The summed E-state index contributed by atoms with van der Waals surface area (Å²) in [5.41, 5.74) is 6.19. The van der Waals surface area contributed by atoms with Crippen molar-refractivity contribution < 1.29 is 14.2 Å². The Kier molecular flexibility index (Phi) is 3.79. The summed E-state index contributed by atoms with van der Waals surface area (Å²) in [7, 11) is 1.46. The molecule has 23 heavy (non-hydrogen) atoms. The summed E-state index contributed by atoms with van der Waals surface area (Å²) in [6.07, 6.45) is 0. The number of fused-ring (bicyclic) bond motifs is 1. The average molecular weight is 352 g/mol. The molecule has 0 saturated heterocycles. The van der Waals surface area contributed by atoms with E-state index >= 15 is 0 Å². The number of methoxy groups -OCH3 is 1. The highest BCUT2D eigenvalue weighted by molar-refractivity contribution is 6.39. The fourth-order valence-electron chi connectivity index (χ4n) is 2.37. The summed E-state index contributed by atoms with van der Waals surface area (Å²) >= 11 is 12.3. The van der Waals surface area contributed by atoms with E-state index in [1.807, 2.05) is 0 Å². The van der Waals surface area contributed by atoms with Crippen molar-refractivity contribution in [2.45, 2.75) is 0 Å². The van der Waals surface area contributed by atoms with Gasteiger partial charge in [0.15, 0.2) is 0 Å². The van der Waals surface area contributed by atoms with Crippen LogP contribution >= 0.6 is 23.2 Å². The normalized spacial score (nSPS) is 10.9. The largest absolute Gasteiger partial charge is 0.710 e. The average Bonchev–Trinajstić information content (AvgIpc) is 2.55. The van der Waals surface area contributed by atoms with Crippen LogP contribution in [0.3, 0.4) is 0 Å². The maximum absolute atomic E-state index is 12.8. The van der Waals surface area contributed by atoms with Crippen LogP contribution in [0.5, 0.6) is 5.75 Å². The second kappa shape index (κ2) is 5.64. The highest BCUT2D eigenvalue weighted by atomic mass is 35.5. The van der Waals surface area contributed by atoms with Crippen molar-refractivity contribution in [1.29, 1.82) is 0 Å². The predicted octanol–water partition coefficient (Wildman–Crippen LogP) is 2.67. The number of rotatable bonds is 2. The van der Waals surface area contributed by atoms with E-state index in [0.717, 1.165) is 0 Å². The molecule has 0 amide bonds. The number of hydrogen-bond donors (Lipinski definition) is 1. The number of anilines is 1. The molecule has 1 aromatic heterocycles. The molecule has 8 heteroatoms. The van der Waals surface area contributed by atoms with Crippen LogP contribution in [0.4, 0.5) is 5.82 Å². The number of nitrogens with zero attached hydrogens (tertiary/aromatic N) is 2. The Bertz CT molecular complexity index is 911. The highest BCUT2D eigenvalue weighted by Crippen LogP contribution is 2.35. The zero-order chi connectivity index (χ0) is 16.7. The molecule has 2 N–H and O–H groups in total. The van der Waals surface area contributed by atoms with Gasteiger partial charge in [-0.3, -0.25) is 5.73 Å². The molecule has 0 saturated carbocycles. The number of aromatic nitrogens is 2. The molecule has 0 radical (unpaired) electrons. The topological polar surface area (TPSA) is 89.1 Å². The summed E-state index contributed by atoms with van der Waals surface area (Å²) < 4.78 is 6.10. The molecule has 0 aliphatic carbocycles. The quantitative estimate of drug-likeness (QED) is 0.567. The van der Waals surface area contributed by atoms with Gasteiger partial charge in [0.1, 0.15) is 5.75 Å². The lowest BCUT2D eigenvalue weighted by Crippen LogP contribution is -2.43. The van der Waals surface area contributed by atoms with E-state index in [4.69, 9.17) is 33.7 Å². The maximum Gasteiger partial charge on any atom is 0.351 e. The number of hydrogen-bond acceptors (Lipinski definition) is 4. The van der Waals surface area contributed by atoms with Gasteiger partial charge in [0.2, 0.25) is 5.52 Å². The molecule has 0 aliphatic rings. The van der Waals surface area contributed by atoms with E-state index in [1.54, 1.807) is 24.3 Å². The van der Waals surface area contributed by atoms with Gasteiger partial charge < -0.3 is 15.2 Å². The third kappa shape index (κ3) is 2.36. The predicted molar refractivity (Wildman–Crippen MR) is 88.3 cm³/mol. The Hall–Kier alpha value is -2.44. The molecule has 0 unspecified atom stereocenters. The number of nitrogen functional groups attached to an aromatic ring is 1. The van der Waals surface area contributed by atoms with E-state index < -0.39 is 0 Å². The van der Waals surface area contributed by atoms with Crippen LogP contribution in [0.25, 0.3) is 22.3 Å². The number of halogens is 2. The first-order valence-corrected chi connectivity index (χ1v) is 7.28. The van der Waals surface area contributed by atoms with E-state index in [9.17, 15) is 10.4 Å². The van der Waals surface area contributed by atoms with Gasteiger partial charge >= 0.3 is 11.5 Å². The lowest BCUT2D eigenvalue weighted by molar-refractivity contribution is -0.609. The van der Waals surface area contributed by atoms with Crippen LogP contribution < -0.4 is 19.9 Å². The van der Waals surface area contributed by atoms with Crippen molar-refractivity contribution in [2.24, 2.45) is 0 Å². The number of benzene rings is 2. The summed E-state index contributed by atoms with van der Waals surface area (Å²) in [6, 6.07) is 9.24. The molecular formula is C15H11Cl2N3O3. The lowest BCUT2D eigenvalue weighted by Gasteiger charge is -2.15. The van der Waals surface area contributed by atoms with E-state index in [2.05, 4.69) is 0 Å². The van der Waals surface area contributed by atoms with Gasteiger partial charge in [-0.25, -0.2) is 4.73 Å². The van der Waals surface area contributed by atoms with Gasteiger partial charge in [-0.2, -0.15) is 4.73 Å². The Morgan fingerprint density at radius 2 is 1.65 bits per heavy atom. The van der Waals surface area contributed by atoms with Gasteiger partial charge in [-0.05, 0) is 24.3 Å². The van der Waals surface area contributed by atoms with Crippen LogP contribution in [0.15, 0.2) is 36.4 Å². The Morgan fingerprint density at radius 3 is 2.26 bits per heavy atom. The molecule has 118 valence electrons. The lowest BCUT2D eigenvalue weighted by atomic mass is 10.1. The van der Waals surface area contributed by atoms with E-state index in [-0.39, 0.29) is 38.2 Å². The van der Waals surface area contributed by atoms with Crippen molar-refractivity contribution in [3.8, 4) is 17.0 Å². The first-order chi connectivity index (χ1) is 11.0. The van der Waals surface area contributed by atoms with Crippen molar-refractivity contribution in [3.63, 3.8) is 0 Å². The highest BCUT2D eigenvalue weighted by Gasteiger charge is 2.29. The molecule has 3 rings (SSSR count). The minimum Gasteiger partial charge on any atom is -0.710 e. The monoisotopic (exact) mass is 351 g/mol. The Labute approximate surface area is 141 Å². The van der Waals surface area contributed by atoms with Crippen molar-refractivity contribution >= 4 is 40.1 Å². The van der Waals surface area contributed by atoms with Crippen molar-refractivity contribution in [2.75, 3.05) is 12.8 Å². The van der Waals surface area contributed by atoms with E-state index in [1.165, 1.54) is 19.2 Å². The van der Waals surface area contributed by atoms with Crippen LogP contribution in [-0.2, 0) is 0 Å². The first kappa shape index (κ1) is 15.5. The van der Waals surface area contributed by atoms with Crippen molar-refractivity contribution in [3.05, 3.63) is 56.9 Å². The molecule has 0 spiro atoms. The van der Waals surface area contributed by atoms with Crippen LogP contribution in [0.1, 0.15) is 0 Å². The Morgan fingerprint density at radius 1 is 1.00 bits per heavy atom. The molecular weight excluding hydrogens is 341 g/mol. The Balaban J connectivity index is 2.46. The summed E-state index contributed by atoms with van der Waals surface area (Å²) in [5, 5.41) is 25.6. The molecule has 6 nitrogen and oxygen atoms in total. The fourth-order valence-corrected chi connectivity index (χ4v) is 2.95.